The van der Waals surface area contributed by atoms with E-state index in [1.54, 1.807) is 31.3 Å². The predicted octanol–water partition coefficient (Wildman–Crippen LogP) is 0.585. The Kier molecular flexibility index (Phi) is 5.95. The number of carbonyl (C=O) groups is 2. The molecule has 1 aromatic rings. The quantitative estimate of drug-likeness (QED) is 0.810. The lowest BCUT2D eigenvalue weighted by atomic mass is 9.97. The smallest absolute Gasteiger partial charge is 0.227 e. The van der Waals surface area contributed by atoms with E-state index in [1.807, 2.05) is 0 Å². The van der Waals surface area contributed by atoms with Gasteiger partial charge in [-0.2, -0.15) is 0 Å². The van der Waals surface area contributed by atoms with Gasteiger partial charge in [0.25, 0.3) is 0 Å². The lowest BCUT2D eigenvalue weighted by Crippen LogP contribution is -2.40. The number of nitrogens with zero attached hydrogens (tertiary/aromatic N) is 1. The summed E-state index contributed by atoms with van der Waals surface area (Å²) in [7, 11) is -1.59. The Hall–Kier alpha value is -1.93. The summed E-state index contributed by atoms with van der Waals surface area (Å²) < 4.78 is 24.4. The van der Waals surface area contributed by atoms with Crippen molar-refractivity contribution >= 4 is 27.5 Å². The number of hydrogen-bond acceptors (Lipinski definition) is 4. The van der Waals surface area contributed by atoms with E-state index in [-0.39, 0.29) is 17.7 Å². The molecule has 1 fully saturated rings. The van der Waals surface area contributed by atoms with Crippen molar-refractivity contribution < 1.29 is 18.0 Å². The van der Waals surface area contributed by atoms with Gasteiger partial charge in [-0.05, 0) is 30.5 Å². The average Bonchev–Trinajstić information content (AvgIpc) is 2.55. The van der Waals surface area contributed by atoms with Gasteiger partial charge in [0.05, 0.1) is 12.7 Å². The zero-order chi connectivity index (χ0) is 17.7. The second-order valence-electron chi connectivity index (χ2n) is 5.97. The summed E-state index contributed by atoms with van der Waals surface area (Å²) in [5, 5.41) is 5.41. The molecule has 2 rings (SSSR count). The number of benzene rings is 1. The molecule has 1 heterocycles. The number of carbonyl (C=O) groups excluding carboxylic acids is 2. The molecule has 0 bridgehead atoms. The molecule has 0 saturated carbocycles. The second-order valence-corrected chi connectivity index (χ2v) is 7.95. The summed E-state index contributed by atoms with van der Waals surface area (Å²) >= 11 is 0. The molecule has 1 aromatic carbocycles. The first kappa shape index (κ1) is 18.4. The minimum Gasteiger partial charge on any atom is -0.359 e. The fourth-order valence-corrected chi connectivity index (χ4v) is 3.55. The number of amides is 2. The van der Waals surface area contributed by atoms with Gasteiger partial charge in [0, 0.05) is 31.7 Å². The molecular weight excluding hydrogens is 330 g/mol. The Balaban J connectivity index is 1.88. The van der Waals surface area contributed by atoms with Crippen LogP contribution in [0.5, 0.6) is 0 Å². The van der Waals surface area contributed by atoms with Gasteiger partial charge in [0.2, 0.25) is 21.8 Å². The van der Waals surface area contributed by atoms with Crippen molar-refractivity contribution in [2.45, 2.75) is 19.3 Å². The van der Waals surface area contributed by atoms with Crippen LogP contribution in [-0.4, -0.2) is 50.9 Å². The van der Waals surface area contributed by atoms with Gasteiger partial charge in [-0.25, -0.2) is 12.7 Å². The molecular formula is C16H23N3O4S. The molecule has 0 spiro atoms. The highest BCUT2D eigenvalue weighted by molar-refractivity contribution is 7.88. The van der Waals surface area contributed by atoms with Crippen LogP contribution in [0.4, 0.5) is 5.69 Å². The molecule has 132 valence electrons. The summed E-state index contributed by atoms with van der Waals surface area (Å²) in [6, 6.07) is 7.14. The average molecular weight is 353 g/mol. The zero-order valence-electron chi connectivity index (χ0n) is 13.9. The Morgan fingerprint density at radius 1 is 1.17 bits per heavy atom. The van der Waals surface area contributed by atoms with Gasteiger partial charge in [-0.15, -0.1) is 0 Å². The van der Waals surface area contributed by atoms with Gasteiger partial charge in [-0.1, -0.05) is 12.1 Å². The largest absolute Gasteiger partial charge is 0.359 e. The van der Waals surface area contributed by atoms with E-state index in [0.29, 0.717) is 38.0 Å². The third kappa shape index (κ3) is 5.04. The molecule has 2 N–H and O–H groups in total. The summed E-state index contributed by atoms with van der Waals surface area (Å²) in [6.07, 6.45) is 2.53. The number of likely N-dealkylation sites (N-methyl/N-ethyl adjacent to an activating group) is 1. The maximum atomic E-state index is 12.3. The molecule has 1 aliphatic rings. The van der Waals surface area contributed by atoms with Gasteiger partial charge >= 0.3 is 0 Å². The number of rotatable bonds is 5. The lowest BCUT2D eigenvalue weighted by molar-refractivity contribution is -0.121. The normalized spacial score (nSPS) is 16.6. The molecule has 0 aliphatic carbocycles. The fraction of sp³-hybridized carbons (Fsp3) is 0.500. The van der Waals surface area contributed by atoms with Crippen LogP contribution in [0.25, 0.3) is 0 Å². The highest BCUT2D eigenvalue weighted by Crippen LogP contribution is 2.21. The monoisotopic (exact) mass is 353 g/mol. The molecule has 8 heteroatoms. The number of anilines is 1. The molecule has 24 heavy (non-hydrogen) atoms. The van der Waals surface area contributed by atoms with Crippen LogP contribution in [0.1, 0.15) is 18.4 Å². The number of hydrogen-bond donors (Lipinski definition) is 2. The van der Waals surface area contributed by atoms with E-state index in [9.17, 15) is 18.0 Å². The highest BCUT2D eigenvalue weighted by atomic mass is 32.2. The van der Waals surface area contributed by atoms with Crippen LogP contribution in [0.3, 0.4) is 0 Å². The van der Waals surface area contributed by atoms with E-state index in [1.165, 1.54) is 10.6 Å². The standard InChI is InChI=1S/C16H23N3O4S/c1-17-15(20)11-12-3-5-14(6-4-12)18-16(21)13-7-9-19(10-8-13)24(2,22)23/h3-6,13H,7-11H2,1-2H3,(H,17,20)(H,18,21). The first-order valence-corrected chi connectivity index (χ1v) is 9.70. The minimum atomic E-state index is -3.18. The van der Waals surface area contributed by atoms with Gasteiger partial charge in [0.15, 0.2) is 0 Å². The molecule has 7 nitrogen and oxygen atoms in total. The van der Waals surface area contributed by atoms with Crippen molar-refractivity contribution in [2.24, 2.45) is 5.92 Å². The number of piperidine rings is 1. The highest BCUT2D eigenvalue weighted by Gasteiger charge is 2.28. The van der Waals surface area contributed by atoms with Crippen LogP contribution in [0, 0.1) is 5.92 Å². The summed E-state index contributed by atoms with van der Waals surface area (Å²) in [6.45, 7) is 0.754. The first-order valence-electron chi connectivity index (χ1n) is 7.85. The Labute approximate surface area is 142 Å². The first-order chi connectivity index (χ1) is 11.3. The molecule has 1 saturated heterocycles. The Bertz CT molecular complexity index is 693. The van der Waals surface area contributed by atoms with E-state index >= 15 is 0 Å². The summed E-state index contributed by atoms with van der Waals surface area (Å²) in [4.78, 5) is 23.6. The predicted molar refractivity (Wildman–Crippen MR) is 92.0 cm³/mol. The summed E-state index contributed by atoms with van der Waals surface area (Å²) in [5.74, 6) is -0.347. The van der Waals surface area contributed by atoms with E-state index in [4.69, 9.17) is 0 Å². The maximum Gasteiger partial charge on any atom is 0.227 e. The van der Waals surface area contributed by atoms with E-state index < -0.39 is 10.0 Å². The third-order valence-electron chi connectivity index (χ3n) is 4.16. The van der Waals surface area contributed by atoms with Crippen LogP contribution >= 0.6 is 0 Å². The molecule has 0 atom stereocenters. The van der Waals surface area contributed by atoms with E-state index in [2.05, 4.69) is 10.6 Å². The lowest BCUT2D eigenvalue weighted by Gasteiger charge is -2.29. The second kappa shape index (κ2) is 7.76. The molecule has 0 radical (unpaired) electrons. The Morgan fingerprint density at radius 3 is 2.25 bits per heavy atom. The SMILES string of the molecule is CNC(=O)Cc1ccc(NC(=O)C2CCN(S(C)(=O)=O)CC2)cc1. The molecule has 1 aliphatic heterocycles. The number of nitrogens with one attached hydrogen (secondary N) is 2. The maximum absolute atomic E-state index is 12.3. The van der Waals surface area contributed by atoms with Crippen molar-refractivity contribution in [1.29, 1.82) is 0 Å². The molecule has 2 amide bonds. The van der Waals surface area contributed by atoms with Crippen molar-refractivity contribution in [3.8, 4) is 0 Å². The van der Waals surface area contributed by atoms with Crippen LogP contribution in [0.2, 0.25) is 0 Å². The van der Waals surface area contributed by atoms with Crippen LogP contribution in [0.15, 0.2) is 24.3 Å². The van der Waals surface area contributed by atoms with Crippen molar-refractivity contribution in [1.82, 2.24) is 9.62 Å². The van der Waals surface area contributed by atoms with Gasteiger partial charge < -0.3 is 10.6 Å². The van der Waals surface area contributed by atoms with Crippen molar-refractivity contribution in [2.75, 3.05) is 31.7 Å². The third-order valence-corrected chi connectivity index (χ3v) is 5.46. The minimum absolute atomic E-state index is 0.0654. The number of sulfonamides is 1. The van der Waals surface area contributed by atoms with E-state index in [0.717, 1.165) is 5.56 Å². The van der Waals surface area contributed by atoms with Crippen LogP contribution < -0.4 is 10.6 Å². The van der Waals surface area contributed by atoms with Gasteiger partial charge in [-0.3, -0.25) is 9.59 Å². The summed E-state index contributed by atoms with van der Waals surface area (Å²) in [5.41, 5.74) is 1.54. The molecule has 0 unspecified atom stereocenters. The van der Waals surface area contributed by atoms with Crippen molar-refractivity contribution in [3.63, 3.8) is 0 Å². The van der Waals surface area contributed by atoms with Gasteiger partial charge in [0.1, 0.15) is 0 Å². The topological polar surface area (TPSA) is 95.6 Å². The van der Waals surface area contributed by atoms with Crippen molar-refractivity contribution in [3.05, 3.63) is 29.8 Å². The fourth-order valence-electron chi connectivity index (χ4n) is 2.67. The van der Waals surface area contributed by atoms with Crippen LogP contribution in [-0.2, 0) is 26.0 Å². The molecule has 0 aromatic heterocycles. The zero-order valence-corrected chi connectivity index (χ0v) is 14.7. The Morgan fingerprint density at radius 2 is 1.75 bits per heavy atom.